The van der Waals surface area contributed by atoms with Crippen LogP contribution in [-0.2, 0) is 19.5 Å². The molecule has 0 heterocycles. The van der Waals surface area contributed by atoms with Gasteiger partial charge in [0.25, 0.3) is 0 Å². The van der Waals surface area contributed by atoms with E-state index in [-0.39, 0.29) is 22.6 Å². The Morgan fingerprint density at radius 2 is 1.52 bits per heavy atom. The van der Waals surface area contributed by atoms with Crippen molar-refractivity contribution >= 4 is 27.6 Å². The molecule has 0 spiro atoms. The van der Waals surface area contributed by atoms with Crippen LogP contribution in [0, 0.1) is 0 Å². The minimum Gasteiger partial charge on any atom is -0.465 e. The molecule has 7 nitrogen and oxygen atoms in total. The average Bonchev–Trinajstić information content (AvgIpc) is 2.44. The van der Waals surface area contributed by atoms with Crippen molar-refractivity contribution in [1.29, 1.82) is 0 Å². The zero-order chi connectivity index (χ0) is 16.0. The Bertz CT molecular complexity index is 604. The van der Waals surface area contributed by atoms with Crippen molar-refractivity contribution in [2.24, 2.45) is 0 Å². The topological polar surface area (TPSA) is 98.8 Å². The fourth-order valence-corrected chi connectivity index (χ4v) is 2.77. The Hall–Kier alpha value is -2.09. The summed E-state index contributed by atoms with van der Waals surface area (Å²) in [7, 11) is -1.16. The second kappa shape index (κ2) is 7.07. The summed E-state index contributed by atoms with van der Waals surface area (Å²) in [5.41, 5.74) is 0.205. The number of rotatable bonds is 6. The van der Waals surface area contributed by atoms with Gasteiger partial charge in [-0.05, 0) is 24.6 Å². The molecule has 0 aliphatic carbocycles. The van der Waals surface area contributed by atoms with Crippen LogP contribution < -0.4 is 4.72 Å². The number of carbonyl (C=O) groups is 2. The van der Waals surface area contributed by atoms with E-state index in [1.165, 1.54) is 32.4 Å². The highest BCUT2D eigenvalue weighted by Gasteiger charge is 2.16. The van der Waals surface area contributed by atoms with Crippen LogP contribution in [0.1, 0.15) is 34.1 Å². The van der Waals surface area contributed by atoms with Crippen molar-refractivity contribution in [3.63, 3.8) is 0 Å². The van der Waals surface area contributed by atoms with E-state index in [1.807, 2.05) is 0 Å². The Morgan fingerprint density at radius 1 is 1.05 bits per heavy atom. The Morgan fingerprint density at radius 3 is 1.90 bits per heavy atom. The van der Waals surface area contributed by atoms with E-state index in [4.69, 9.17) is 0 Å². The van der Waals surface area contributed by atoms with Crippen molar-refractivity contribution in [2.45, 2.75) is 13.3 Å². The minimum atomic E-state index is -3.54. The van der Waals surface area contributed by atoms with E-state index in [9.17, 15) is 18.0 Å². The van der Waals surface area contributed by atoms with Gasteiger partial charge in [-0.15, -0.1) is 0 Å². The highest BCUT2D eigenvalue weighted by atomic mass is 32.2. The number of benzene rings is 1. The lowest BCUT2D eigenvalue weighted by Gasteiger charge is -2.10. The average molecular weight is 315 g/mol. The van der Waals surface area contributed by atoms with Gasteiger partial charge < -0.3 is 9.47 Å². The maximum Gasteiger partial charge on any atom is 0.337 e. The van der Waals surface area contributed by atoms with Crippen molar-refractivity contribution < 1.29 is 27.5 Å². The van der Waals surface area contributed by atoms with Gasteiger partial charge in [-0.2, -0.15) is 0 Å². The Kier molecular flexibility index (Phi) is 5.71. The van der Waals surface area contributed by atoms with Gasteiger partial charge in [0.1, 0.15) is 0 Å². The molecule has 116 valence electrons. The van der Waals surface area contributed by atoms with E-state index in [1.54, 1.807) is 6.92 Å². The molecule has 0 aliphatic heterocycles. The van der Waals surface area contributed by atoms with Crippen molar-refractivity contribution in [3.05, 3.63) is 29.3 Å². The molecule has 1 aromatic carbocycles. The van der Waals surface area contributed by atoms with Crippen molar-refractivity contribution in [2.75, 3.05) is 24.7 Å². The highest BCUT2D eigenvalue weighted by Crippen LogP contribution is 2.18. The smallest absolute Gasteiger partial charge is 0.337 e. The first-order valence-electron chi connectivity index (χ1n) is 6.15. The molecule has 0 unspecified atom stereocenters. The first-order chi connectivity index (χ1) is 9.82. The monoisotopic (exact) mass is 315 g/mol. The molecule has 0 fully saturated rings. The summed E-state index contributed by atoms with van der Waals surface area (Å²) < 4.78 is 35.0. The fourth-order valence-electron chi connectivity index (χ4n) is 1.66. The van der Waals surface area contributed by atoms with E-state index in [0.717, 1.165) is 0 Å². The molecular weight excluding hydrogens is 298 g/mol. The van der Waals surface area contributed by atoms with E-state index in [2.05, 4.69) is 14.2 Å². The van der Waals surface area contributed by atoms with Crippen LogP contribution in [0.2, 0.25) is 0 Å². The number of ether oxygens (including phenoxy) is 2. The fraction of sp³-hybridized carbons (Fsp3) is 0.385. The highest BCUT2D eigenvalue weighted by molar-refractivity contribution is 7.92. The van der Waals surface area contributed by atoms with E-state index in [0.29, 0.717) is 6.42 Å². The molecule has 1 N–H and O–H groups in total. The van der Waals surface area contributed by atoms with Gasteiger partial charge in [0.15, 0.2) is 0 Å². The maximum atomic E-state index is 11.8. The number of anilines is 1. The SMILES string of the molecule is CCCS(=O)(=O)Nc1cc(C(=O)OC)cc(C(=O)OC)c1. The Labute approximate surface area is 123 Å². The third kappa shape index (κ3) is 4.75. The number of esters is 2. The van der Waals surface area contributed by atoms with Crippen LogP contribution in [0.5, 0.6) is 0 Å². The van der Waals surface area contributed by atoms with Gasteiger partial charge in [-0.1, -0.05) is 6.92 Å². The number of carbonyl (C=O) groups excluding carboxylic acids is 2. The third-order valence-electron chi connectivity index (χ3n) is 2.52. The summed E-state index contributed by atoms with van der Waals surface area (Å²) in [6.45, 7) is 1.73. The minimum absolute atomic E-state index is 0.0506. The second-order valence-electron chi connectivity index (χ2n) is 4.20. The first-order valence-corrected chi connectivity index (χ1v) is 7.80. The van der Waals surface area contributed by atoms with E-state index >= 15 is 0 Å². The lowest BCUT2D eigenvalue weighted by molar-refractivity contribution is 0.0599. The predicted octanol–water partition coefficient (Wildman–Crippen LogP) is 1.41. The number of methoxy groups -OCH3 is 2. The summed E-state index contributed by atoms with van der Waals surface area (Å²) >= 11 is 0. The van der Waals surface area contributed by atoms with Gasteiger partial charge >= 0.3 is 11.9 Å². The zero-order valence-corrected chi connectivity index (χ0v) is 12.8. The molecular formula is C13H17NO6S. The quantitative estimate of drug-likeness (QED) is 0.797. The molecule has 0 radical (unpaired) electrons. The van der Waals surface area contributed by atoms with E-state index < -0.39 is 22.0 Å². The van der Waals surface area contributed by atoms with Crippen LogP contribution in [0.4, 0.5) is 5.69 Å². The first kappa shape index (κ1) is 17.0. The summed E-state index contributed by atoms with van der Waals surface area (Å²) in [6, 6.07) is 3.87. The maximum absolute atomic E-state index is 11.8. The lowest BCUT2D eigenvalue weighted by atomic mass is 10.1. The number of nitrogens with one attached hydrogen (secondary N) is 1. The number of sulfonamides is 1. The predicted molar refractivity (Wildman–Crippen MR) is 76.8 cm³/mol. The molecule has 1 aromatic rings. The molecule has 8 heteroatoms. The largest absolute Gasteiger partial charge is 0.465 e. The molecule has 0 aromatic heterocycles. The third-order valence-corrected chi connectivity index (χ3v) is 4.01. The molecule has 0 saturated carbocycles. The molecule has 21 heavy (non-hydrogen) atoms. The lowest BCUT2D eigenvalue weighted by Crippen LogP contribution is -2.17. The molecule has 0 aliphatic rings. The number of hydrogen-bond acceptors (Lipinski definition) is 6. The van der Waals surface area contributed by atoms with Crippen LogP contribution >= 0.6 is 0 Å². The van der Waals surface area contributed by atoms with Crippen molar-refractivity contribution in [1.82, 2.24) is 0 Å². The normalized spacial score (nSPS) is 10.8. The summed E-state index contributed by atoms with van der Waals surface area (Å²) in [5, 5.41) is 0. The van der Waals surface area contributed by atoms with Crippen LogP contribution in [0.15, 0.2) is 18.2 Å². The van der Waals surface area contributed by atoms with Crippen LogP contribution in [-0.4, -0.2) is 40.3 Å². The van der Waals surface area contributed by atoms with Crippen molar-refractivity contribution in [3.8, 4) is 0 Å². The number of hydrogen-bond donors (Lipinski definition) is 1. The van der Waals surface area contributed by atoms with Gasteiger partial charge in [-0.25, -0.2) is 18.0 Å². The standard InChI is InChI=1S/C13H17NO6S/c1-4-5-21(17,18)14-11-7-9(12(15)19-2)6-10(8-11)13(16)20-3/h6-8,14H,4-5H2,1-3H3. The molecule has 0 saturated heterocycles. The molecule has 0 amide bonds. The molecule has 0 bridgehead atoms. The van der Waals surface area contributed by atoms with Gasteiger partial charge in [0, 0.05) is 0 Å². The van der Waals surface area contributed by atoms with Gasteiger partial charge in [0.2, 0.25) is 10.0 Å². The van der Waals surface area contributed by atoms with Crippen LogP contribution in [0.3, 0.4) is 0 Å². The van der Waals surface area contributed by atoms with Gasteiger partial charge in [-0.3, -0.25) is 4.72 Å². The summed E-state index contributed by atoms with van der Waals surface area (Å²) in [4.78, 5) is 23.1. The second-order valence-corrected chi connectivity index (χ2v) is 6.05. The zero-order valence-electron chi connectivity index (χ0n) is 12.0. The van der Waals surface area contributed by atoms with Crippen LogP contribution in [0.25, 0.3) is 0 Å². The van der Waals surface area contributed by atoms with Gasteiger partial charge in [0.05, 0.1) is 36.8 Å². The molecule has 1 rings (SSSR count). The summed E-state index contributed by atoms with van der Waals surface area (Å²) in [6.07, 6.45) is 0.440. The summed E-state index contributed by atoms with van der Waals surface area (Å²) in [5.74, 6) is -1.43. The Balaban J connectivity index is 3.25. The molecule has 0 atom stereocenters.